The normalized spacial score (nSPS) is 18.5. The molecule has 1 aliphatic rings. The molecular weight excluding hydrogens is 246 g/mol. The van der Waals surface area contributed by atoms with Gasteiger partial charge in [0, 0.05) is 11.4 Å². The Bertz CT molecular complexity index is 364. The van der Waals surface area contributed by atoms with E-state index in [9.17, 15) is 0 Å². The van der Waals surface area contributed by atoms with Gasteiger partial charge in [0.15, 0.2) is 0 Å². The third-order valence-electron chi connectivity index (χ3n) is 3.60. The molecule has 0 unspecified atom stereocenters. The average molecular weight is 267 g/mol. The molecule has 1 aromatic rings. The van der Waals surface area contributed by atoms with E-state index in [0.29, 0.717) is 5.41 Å². The van der Waals surface area contributed by atoms with Crippen LogP contribution in [0, 0.1) is 19.3 Å². The predicted molar refractivity (Wildman–Crippen MR) is 79.2 cm³/mol. The molecule has 0 N–H and O–H groups in total. The van der Waals surface area contributed by atoms with Crippen molar-refractivity contribution in [3.8, 4) is 0 Å². The molecule has 0 saturated heterocycles. The first-order valence-corrected chi connectivity index (χ1v) is 7.94. The van der Waals surface area contributed by atoms with Gasteiger partial charge in [-0.3, -0.25) is 0 Å². The highest BCUT2D eigenvalue weighted by Crippen LogP contribution is 2.42. The molecule has 1 saturated carbocycles. The van der Waals surface area contributed by atoms with E-state index in [0.717, 1.165) is 11.4 Å². The van der Waals surface area contributed by atoms with Crippen LogP contribution < -0.4 is 0 Å². The Morgan fingerprint density at radius 1 is 1.29 bits per heavy atom. The molecule has 1 nitrogen and oxygen atoms in total. The first-order valence-electron chi connectivity index (χ1n) is 6.33. The van der Waals surface area contributed by atoms with Gasteiger partial charge in [0.1, 0.15) is 0 Å². The molecule has 1 aliphatic carbocycles. The van der Waals surface area contributed by atoms with Crippen molar-refractivity contribution in [3.63, 3.8) is 0 Å². The smallest absolute Gasteiger partial charge is 0.0965 e. The van der Waals surface area contributed by atoms with Crippen molar-refractivity contribution < 1.29 is 0 Å². The second-order valence-corrected chi connectivity index (χ2v) is 6.59. The van der Waals surface area contributed by atoms with Crippen molar-refractivity contribution in [2.24, 2.45) is 5.41 Å². The summed E-state index contributed by atoms with van der Waals surface area (Å²) in [7, 11) is 0. The fourth-order valence-corrected chi connectivity index (χ4v) is 4.48. The van der Waals surface area contributed by atoms with Crippen molar-refractivity contribution in [1.29, 1.82) is 0 Å². The highest BCUT2D eigenvalue weighted by atomic mass is 32.2. The molecule has 0 amide bonds. The summed E-state index contributed by atoms with van der Waals surface area (Å²) < 4.78 is 0. The minimum Gasteiger partial charge on any atom is -0.247 e. The summed E-state index contributed by atoms with van der Waals surface area (Å²) in [6.45, 7) is 4.21. The Labute approximate surface area is 114 Å². The molecule has 0 aromatic carbocycles. The molecular formula is C14H21NS2. The van der Waals surface area contributed by atoms with Crippen LogP contribution in [0.4, 0.5) is 0 Å². The quantitative estimate of drug-likeness (QED) is 0.646. The number of hydrogen-bond donors (Lipinski definition) is 1. The number of pyridine rings is 1. The molecule has 0 spiro atoms. The summed E-state index contributed by atoms with van der Waals surface area (Å²) >= 11 is 6.46. The Morgan fingerprint density at radius 2 is 2.00 bits per heavy atom. The van der Waals surface area contributed by atoms with E-state index in [4.69, 9.17) is 0 Å². The van der Waals surface area contributed by atoms with E-state index in [-0.39, 0.29) is 0 Å². The minimum absolute atomic E-state index is 0.465. The summed E-state index contributed by atoms with van der Waals surface area (Å²) in [6.07, 6.45) is 5.44. The first-order chi connectivity index (χ1) is 8.13. The molecule has 0 radical (unpaired) electrons. The molecule has 3 heteroatoms. The van der Waals surface area contributed by atoms with Crippen LogP contribution in [0.5, 0.6) is 0 Å². The first kappa shape index (κ1) is 13.3. The van der Waals surface area contributed by atoms with Crippen LogP contribution in [0.1, 0.15) is 36.9 Å². The lowest BCUT2D eigenvalue weighted by Gasteiger charge is -2.26. The van der Waals surface area contributed by atoms with Crippen molar-refractivity contribution in [2.45, 2.75) is 44.6 Å². The fourth-order valence-electron chi connectivity index (χ4n) is 2.58. The van der Waals surface area contributed by atoms with Gasteiger partial charge < -0.3 is 0 Å². The fraction of sp³-hybridized carbons (Fsp3) is 0.643. The third kappa shape index (κ3) is 3.41. The van der Waals surface area contributed by atoms with Crippen molar-refractivity contribution in [1.82, 2.24) is 4.98 Å². The zero-order valence-corrected chi connectivity index (χ0v) is 12.4. The number of nitrogens with zero attached hydrogens (tertiary/aromatic N) is 1. The molecule has 17 heavy (non-hydrogen) atoms. The van der Waals surface area contributed by atoms with Gasteiger partial charge in [0.05, 0.1) is 5.03 Å². The number of thiol groups is 1. The van der Waals surface area contributed by atoms with Crippen LogP contribution in [0.3, 0.4) is 0 Å². The lowest BCUT2D eigenvalue weighted by atomic mass is 9.91. The maximum atomic E-state index is 4.60. The Kier molecular flexibility index (Phi) is 4.42. The van der Waals surface area contributed by atoms with E-state index in [1.165, 1.54) is 42.0 Å². The van der Waals surface area contributed by atoms with Crippen LogP contribution >= 0.6 is 24.4 Å². The van der Waals surface area contributed by atoms with Gasteiger partial charge in [-0.25, -0.2) is 4.98 Å². The van der Waals surface area contributed by atoms with E-state index >= 15 is 0 Å². The van der Waals surface area contributed by atoms with Gasteiger partial charge in [-0.05, 0) is 55.6 Å². The van der Waals surface area contributed by atoms with Crippen molar-refractivity contribution in [3.05, 3.63) is 23.4 Å². The molecule has 0 bridgehead atoms. The monoisotopic (exact) mass is 267 g/mol. The Morgan fingerprint density at radius 3 is 2.59 bits per heavy atom. The summed E-state index contributed by atoms with van der Waals surface area (Å²) in [5, 5.41) is 1.18. The Hall–Kier alpha value is -0.150. The summed E-state index contributed by atoms with van der Waals surface area (Å²) in [4.78, 5) is 4.60. The summed E-state index contributed by atoms with van der Waals surface area (Å²) in [5.74, 6) is 2.19. The number of thioether (sulfide) groups is 1. The van der Waals surface area contributed by atoms with E-state index in [1.807, 2.05) is 11.8 Å². The Balaban J connectivity index is 2.01. The van der Waals surface area contributed by atoms with Gasteiger partial charge in [-0.15, -0.1) is 11.8 Å². The van der Waals surface area contributed by atoms with Crippen molar-refractivity contribution in [2.75, 3.05) is 11.5 Å². The molecule has 0 aliphatic heterocycles. The zero-order valence-electron chi connectivity index (χ0n) is 10.7. The molecule has 1 aromatic heterocycles. The second kappa shape index (κ2) is 5.66. The van der Waals surface area contributed by atoms with Gasteiger partial charge in [-0.2, -0.15) is 12.6 Å². The maximum Gasteiger partial charge on any atom is 0.0965 e. The van der Waals surface area contributed by atoms with Gasteiger partial charge in [-0.1, -0.05) is 12.8 Å². The summed E-state index contributed by atoms with van der Waals surface area (Å²) in [5.41, 5.74) is 2.90. The maximum absolute atomic E-state index is 4.60. The van der Waals surface area contributed by atoms with Gasteiger partial charge in [0.25, 0.3) is 0 Å². The van der Waals surface area contributed by atoms with Crippen LogP contribution in [0.15, 0.2) is 17.2 Å². The molecule has 94 valence electrons. The van der Waals surface area contributed by atoms with Crippen LogP contribution in [0.2, 0.25) is 0 Å². The standard InChI is InChI=1S/C14H21NS2/c1-11-7-12(2)15-13(8-11)17-10-14(9-16)5-3-4-6-14/h7-8,16H,3-6,9-10H2,1-2H3. The number of hydrogen-bond acceptors (Lipinski definition) is 3. The predicted octanol–water partition coefficient (Wildman–Crippen LogP) is 4.28. The molecule has 1 heterocycles. The van der Waals surface area contributed by atoms with Gasteiger partial charge in [0.2, 0.25) is 0 Å². The van der Waals surface area contributed by atoms with Gasteiger partial charge >= 0.3 is 0 Å². The lowest BCUT2D eigenvalue weighted by molar-refractivity contribution is 0.403. The van der Waals surface area contributed by atoms with E-state index in [1.54, 1.807) is 0 Å². The largest absolute Gasteiger partial charge is 0.247 e. The van der Waals surface area contributed by atoms with E-state index < -0.39 is 0 Å². The zero-order chi connectivity index (χ0) is 12.3. The number of rotatable bonds is 4. The second-order valence-electron chi connectivity index (χ2n) is 5.28. The minimum atomic E-state index is 0.465. The lowest BCUT2D eigenvalue weighted by Crippen LogP contribution is -2.21. The average Bonchev–Trinajstić information content (AvgIpc) is 2.74. The molecule has 2 rings (SSSR count). The molecule has 1 fully saturated rings. The molecule has 0 atom stereocenters. The highest BCUT2D eigenvalue weighted by Gasteiger charge is 2.32. The van der Waals surface area contributed by atoms with Crippen molar-refractivity contribution >= 4 is 24.4 Å². The van der Waals surface area contributed by atoms with E-state index in [2.05, 4.69) is 43.6 Å². The van der Waals surface area contributed by atoms with Crippen LogP contribution in [-0.4, -0.2) is 16.5 Å². The highest BCUT2D eigenvalue weighted by molar-refractivity contribution is 7.99. The number of aryl methyl sites for hydroxylation is 2. The SMILES string of the molecule is Cc1cc(C)nc(SCC2(CS)CCCC2)c1. The number of aromatic nitrogens is 1. The van der Waals surface area contributed by atoms with Crippen LogP contribution in [-0.2, 0) is 0 Å². The third-order valence-corrected chi connectivity index (χ3v) is 5.53. The summed E-state index contributed by atoms with van der Waals surface area (Å²) in [6, 6.07) is 4.33. The van der Waals surface area contributed by atoms with Crippen LogP contribution in [0.25, 0.3) is 0 Å². The topological polar surface area (TPSA) is 12.9 Å².